The van der Waals surface area contributed by atoms with Crippen molar-refractivity contribution >= 4 is 8.29 Å². The molecule has 3 heteroatoms. The summed E-state index contributed by atoms with van der Waals surface area (Å²) in [6, 6.07) is 30.6. The van der Waals surface area contributed by atoms with E-state index in [0.717, 1.165) is 22.3 Å². The fraction of sp³-hybridized carbons (Fsp3) is 0.561. The van der Waals surface area contributed by atoms with Gasteiger partial charge < -0.3 is 10.2 Å². The number of aryl methyl sites for hydroxylation is 6. The summed E-state index contributed by atoms with van der Waals surface area (Å²) in [5.41, 5.74) is 14.0. The summed E-state index contributed by atoms with van der Waals surface area (Å²) in [7, 11) is -6.27. The standard InChI is InChI=1S/C82H122O2S/c1-49-37-57(75(13,14)15)69(58(38-49)76(16,17)18)85(67-47-55(73(7,8)9)65(83)45-53(67)5,68-48-56(74(10,11)12)66(84)46-54(68)6,70-59(77(19,20)21)39-50(2)40-60(70)78(22,23)24,71-61(79(25,26)27)41-51(3)42-62(71)80(28,29)30)72-63(81(31,32)33)43-52(4)44-64(72)82(34,35)36/h37-48,83-84H,1-36H3. The lowest BCUT2D eigenvalue weighted by atomic mass is 9.78. The Balaban J connectivity index is 2.92. The third kappa shape index (κ3) is 10.6. The molecule has 468 valence electrons. The second-order valence-electron chi connectivity index (χ2n) is 37.1. The van der Waals surface area contributed by atoms with Crippen molar-refractivity contribution in [1.82, 2.24) is 0 Å². The Morgan fingerprint density at radius 1 is 0.212 bits per heavy atom. The van der Waals surface area contributed by atoms with Crippen LogP contribution in [-0.2, 0) is 54.1 Å². The van der Waals surface area contributed by atoms with Crippen molar-refractivity contribution < 1.29 is 10.2 Å². The molecule has 0 aromatic heterocycles. The molecule has 0 radical (unpaired) electrons. The van der Waals surface area contributed by atoms with Crippen LogP contribution < -0.4 is 0 Å². The zero-order valence-electron chi connectivity index (χ0n) is 61.2. The minimum Gasteiger partial charge on any atom is -0.508 e. The summed E-state index contributed by atoms with van der Waals surface area (Å²) in [4.78, 5) is 7.85. The molecule has 0 fully saturated rings. The molecule has 0 bridgehead atoms. The number of phenols is 2. The summed E-state index contributed by atoms with van der Waals surface area (Å²) >= 11 is 0. The molecule has 6 aromatic rings. The Bertz CT molecular complexity index is 3070. The van der Waals surface area contributed by atoms with E-state index < -0.39 is 62.4 Å². The Labute approximate surface area is 521 Å². The fourth-order valence-corrected chi connectivity index (χ4v) is 28.1. The lowest BCUT2D eigenvalue weighted by molar-refractivity contribution is 0.444. The highest BCUT2D eigenvalue weighted by molar-refractivity contribution is 8.65. The second kappa shape index (κ2) is 20.4. The molecule has 6 aromatic carbocycles. The summed E-state index contributed by atoms with van der Waals surface area (Å²) in [6.45, 7) is 87.6. The van der Waals surface area contributed by atoms with Gasteiger partial charge in [0.1, 0.15) is 11.5 Å². The Morgan fingerprint density at radius 2 is 0.353 bits per heavy atom. The van der Waals surface area contributed by atoms with Gasteiger partial charge in [-0.25, -0.2) is 0 Å². The van der Waals surface area contributed by atoms with E-state index in [4.69, 9.17) is 0 Å². The van der Waals surface area contributed by atoms with Crippen molar-refractivity contribution in [3.8, 4) is 11.5 Å². The van der Waals surface area contributed by atoms with Crippen molar-refractivity contribution in [3.05, 3.63) is 162 Å². The third-order valence-electron chi connectivity index (χ3n) is 18.7. The van der Waals surface area contributed by atoms with E-state index in [-0.39, 0.29) is 0 Å². The highest BCUT2D eigenvalue weighted by atomic mass is 32.4. The molecule has 0 atom stereocenters. The van der Waals surface area contributed by atoms with Crippen LogP contribution in [-0.4, -0.2) is 10.2 Å². The van der Waals surface area contributed by atoms with Crippen LogP contribution in [0.25, 0.3) is 0 Å². The van der Waals surface area contributed by atoms with Crippen LogP contribution in [0.5, 0.6) is 11.5 Å². The molecule has 85 heavy (non-hydrogen) atoms. The van der Waals surface area contributed by atoms with Crippen molar-refractivity contribution in [2.24, 2.45) is 0 Å². The van der Waals surface area contributed by atoms with Crippen LogP contribution in [0.1, 0.15) is 297 Å². The average molecular weight is 1170 g/mol. The molecule has 0 spiro atoms. The maximum Gasteiger partial charge on any atom is 0.119 e. The maximum atomic E-state index is 13.4. The van der Waals surface area contributed by atoms with Gasteiger partial charge in [0.25, 0.3) is 0 Å². The van der Waals surface area contributed by atoms with Crippen molar-refractivity contribution in [2.45, 2.75) is 333 Å². The minimum absolute atomic E-state index is 0.301. The maximum absolute atomic E-state index is 13.4. The Kier molecular flexibility index (Phi) is 16.7. The molecular weight excluding hydrogens is 1050 g/mol. The first-order valence-corrected chi connectivity index (χ1v) is 34.5. The molecule has 2 nitrogen and oxygen atoms in total. The first-order valence-electron chi connectivity index (χ1n) is 32.1. The normalized spacial score (nSPS) is 14.9. The lowest BCUT2D eigenvalue weighted by Gasteiger charge is -2.86. The predicted molar refractivity (Wildman–Crippen MR) is 375 cm³/mol. The molecule has 0 unspecified atom stereocenters. The third-order valence-corrected chi connectivity index (χ3v) is 27.7. The highest BCUT2D eigenvalue weighted by Gasteiger charge is 2.78. The van der Waals surface area contributed by atoms with E-state index in [9.17, 15) is 10.2 Å². The quantitative estimate of drug-likeness (QED) is 0.174. The number of hydrogen-bond acceptors (Lipinski definition) is 2. The van der Waals surface area contributed by atoms with Gasteiger partial charge in [-0.15, -0.1) is 8.29 Å². The van der Waals surface area contributed by atoms with Crippen molar-refractivity contribution in [1.29, 1.82) is 0 Å². The van der Waals surface area contributed by atoms with Crippen LogP contribution in [0.2, 0.25) is 0 Å². The van der Waals surface area contributed by atoms with Gasteiger partial charge in [-0.2, -0.15) is 0 Å². The van der Waals surface area contributed by atoms with Gasteiger partial charge in [-0.05, 0) is 185 Å². The number of hydrogen-bond donors (Lipinski definition) is 2. The molecule has 0 aliphatic carbocycles. The van der Waals surface area contributed by atoms with Gasteiger partial charge in [0.2, 0.25) is 0 Å². The molecular formula is C82H122O2S. The molecule has 0 aliphatic heterocycles. The van der Waals surface area contributed by atoms with Gasteiger partial charge in [0, 0.05) is 30.7 Å². The molecule has 6 rings (SSSR count). The van der Waals surface area contributed by atoms with E-state index in [0.29, 0.717) is 11.5 Å². The molecule has 0 saturated heterocycles. The van der Waals surface area contributed by atoms with E-state index in [1.165, 1.54) is 96.1 Å². The average Bonchev–Trinajstić information content (AvgIpc) is 0.589. The minimum atomic E-state index is -6.27. The van der Waals surface area contributed by atoms with E-state index in [1.807, 2.05) is 0 Å². The van der Waals surface area contributed by atoms with E-state index in [1.54, 1.807) is 0 Å². The lowest BCUT2D eigenvalue weighted by Crippen LogP contribution is -2.51. The molecule has 0 saturated carbocycles. The zero-order chi connectivity index (χ0) is 65.7. The van der Waals surface area contributed by atoms with E-state index >= 15 is 0 Å². The summed E-state index contributed by atoms with van der Waals surface area (Å²) in [5.74, 6) is 0.602. The largest absolute Gasteiger partial charge is 0.508 e. The predicted octanol–water partition coefficient (Wildman–Crippen LogP) is 24.5. The first-order chi connectivity index (χ1) is 37.7. The first kappa shape index (κ1) is 69.4. The van der Waals surface area contributed by atoms with Crippen molar-refractivity contribution in [3.63, 3.8) is 0 Å². The van der Waals surface area contributed by atoms with E-state index in [2.05, 4.69) is 322 Å². The van der Waals surface area contributed by atoms with Gasteiger partial charge in [-0.3, -0.25) is 0 Å². The summed E-state index contributed by atoms with van der Waals surface area (Å²) in [5, 5.41) is 26.8. The Hall–Kier alpha value is -4.73. The zero-order valence-corrected chi connectivity index (χ0v) is 62.0. The summed E-state index contributed by atoms with van der Waals surface area (Å²) in [6.07, 6.45) is 0. The van der Waals surface area contributed by atoms with Crippen LogP contribution in [0, 0.1) is 41.5 Å². The SMILES string of the molecule is Cc1cc(C(C)(C)C)c(S(c2cc(C(C)(C)C)c(O)cc2C)(c2cc(C(C)(C)C)c(O)cc2C)(c2c(C(C)(C)C)cc(C)cc2C(C)(C)C)(c2c(C(C)(C)C)cc(C)cc2C(C)(C)C)c2c(C(C)(C)C)cc(C)cc2C(C)(C)C)c(C(C)(C)C)c1. The van der Waals surface area contributed by atoms with Crippen LogP contribution in [0.4, 0.5) is 0 Å². The van der Waals surface area contributed by atoms with Crippen LogP contribution in [0.3, 0.4) is 0 Å². The second-order valence-corrected chi connectivity index (χ2v) is 42.6. The van der Waals surface area contributed by atoms with Crippen LogP contribution >= 0.6 is 8.29 Å². The smallest absolute Gasteiger partial charge is 0.119 e. The van der Waals surface area contributed by atoms with Gasteiger partial charge in [-0.1, -0.05) is 278 Å². The molecule has 0 aliphatic rings. The fourth-order valence-electron chi connectivity index (χ4n) is 15.0. The van der Waals surface area contributed by atoms with Crippen molar-refractivity contribution in [2.75, 3.05) is 0 Å². The highest BCUT2D eigenvalue weighted by Crippen LogP contribution is 3.17. The van der Waals surface area contributed by atoms with Gasteiger partial charge in [0.15, 0.2) is 0 Å². The summed E-state index contributed by atoms with van der Waals surface area (Å²) < 4.78 is 0. The number of aromatic hydroxyl groups is 2. The van der Waals surface area contributed by atoms with Gasteiger partial charge in [0.05, 0.1) is 0 Å². The topological polar surface area (TPSA) is 40.5 Å². The molecule has 0 amide bonds. The molecule has 0 heterocycles. The number of phenolic OH excluding ortho intramolecular Hbond substituents is 2. The number of rotatable bonds is 6. The monoisotopic (exact) mass is 1170 g/mol. The number of benzene rings is 6. The Morgan fingerprint density at radius 3 is 0.482 bits per heavy atom. The van der Waals surface area contributed by atoms with Gasteiger partial charge >= 0.3 is 0 Å². The van der Waals surface area contributed by atoms with Crippen LogP contribution in [0.15, 0.2) is 102 Å². The molecule has 2 N–H and O–H groups in total.